The van der Waals surface area contributed by atoms with E-state index in [0.29, 0.717) is 0 Å². The summed E-state index contributed by atoms with van der Waals surface area (Å²) in [5, 5.41) is 4.60. The standard InChI is InChI=1S/C11H12FN3O2/c12-8-3-1-7(2-4-8)11(5-6-11)15-10(17)14-9(13)16/h1-4H,5-6H2,(H4,13,14,15,16,17). The molecule has 0 unspecified atom stereocenters. The van der Waals surface area contributed by atoms with Crippen LogP contribution in [0.25, 0.3) is 0 Å². The Hall–Kier alpha value is -2.11. The number of nitrogens with one attached hydrogen (secondary N) is 2. The zero-order valence-electron chi connectivity index (χ0n) is 9.00. The highest BCUT2D eigenvalue weighted by Crippen LogP contribution is 2.45. The molecule has 1 aromatic carbocycles. The van der Waals surface area contributed by atoms with E-state index < -0.39 is 17.6 Å². The van der Waals surface area contributed by atoms with Gasteiger partial charge in [0.1, 0.15) is 5.82 Å². The molecule has 0 aromatic heterocycles. The number of nitrogens with two attached hydrogens (primary N) is 1. The van der Waals surface area contributed by atoms with Crippen molar-refractivity contribution in [1.82, 2.24) is 10.6 Å². The molecule has 0 radical (unpaired) electrons. The lowest BCUT2D eigenvalue weighted by molar-refractivity contribution is 0.228. The fraction of sp³-hybridized carbons (Fsp3) is 0.273. The van der Waals surface area contributed by atoms with Gasteiger partial charge in [-0.05, 0) is 30.5 Å². The fourth-order valence-corrected chi connectivity index (χ4v) is 1.74. The van der Waals surface area contributed by atoms with Crippen LogP contribution in [-0.4, -0.2) is 12.1 Å². The predicted octanol–water partition coefficient (Wildman–Crippen LogP) is 1.19. The van der Waals surface area contributed by atoms with E-state index in [2.05, 4.69) is 5.32 Å². The highest BCUT2D eigenvalue weighted by atomic mass is 19.1. The van der Waals surface area contributed by atoms with Crippen LogP contribution in [0.5, 0.6) is 0 Å². The maximum absolute atomic E-state index is 12.8. The van der Waals surface area contributed by atoms with Crippen LogP contribution in [-0.2, 0) is 5.54 Å². The third kappa shape index (κ3) is 2.52. The van der Waals surface area contributed by atoms with Gasteiger partial charge in [0.25, 0.3) is 0 Å². The third-order valence-corrected chi connectivity index (χ3v) is 2.74. The van der Waals surface area contributed by atoms with Gasteiger partial charge in [-0.3, -0.25) is 5.32 Å². The zero-order valence-corrected chi connectivity index (χ0v) is 9.00. The molecule has 2 rings (SSSR count). The van der Waals surface area contributed by atoms with Gasteiger partial charge in [-0.15, -0.1) is 0 Å². The number of carbonyl (C=O) groups is 2. The Morgan fingerprint density at radius 2 is 1.82 bits per heavy atom. The Morgan fingerprint density at radius 1 is 1.24 bits per heavy atom. The van der Waals surface area contributed by atoms with Crippen LogP contribution in [0.15, 0.2) is 24.3 Å². The molecule has 90 valence electrons. The van der Waals surface area contributed by atoms with Crippen molar-refractivity contribution in [2.45, 2.75) is 18.4 Å². The van der Waals surface area contributed by atoms with Crippen LogP contribution in [0.2, 0.25) is 0 Å². The van der Waals surface area contributed by atoms with Crippen molar-refractivity contribution in [3.05, 3.63) is 35.6 Å². The van der Waals surface area contributed by atoms with E-state index in [4.69, 9.17) is 5.73 Å². The molecule has 1 aromatic rings. The molecule has 0 heterocycles. The van der Waals surface area contributed by atoms with Crippen LogP contribution in [0.4, 0.5) is 14.0 Å². The number of halogens is 1. The average Bonchev–Trinajstić information content (AvgIpc) is 2.98. The van der Waals surface area contributed by atoms with Gasteiger partial charge >= 0.3 is 12.1 Å². The normalized spacial score (nSPS) is 16.1. The Balaban J connectivity index is 2.07. The lowest BCUT2D eigenvalue weighted by Crippen LogP contribution is -2.46. The molecule has 0 spiro atoms. The van der Waals surface area contributed by atoms with Crippen LogP contribution in [0.1, 0.15) is 18.4 Å². The zero-order chi connectivity index (χ0) is 12.5. The van der Waals surface area contributed by atoms with Gasteiger partial charge in [0, 0.05) is 0 Å². The van der Waals surface area contributed by atoms with E-state index >= 15 is 0 Å². The summed E-state index contributed by atoms with van der Waals surface area (Å²) in [6.07, 6.45) is 1.51. The van der Waals surface area contributed by atoms with Gasteiger partial charge in [0.05, 0.1) is 5.54 Å². The first-order chi connectivity index (χ1) is 8.02. The minimum Gasteiger partial charge on any atom is -0.351 e. The van der Waals surface area contributed by atoms with Crippen molar-refractivity contribution in [3.63, 3.8) is 0 Å². The second-order valence-corrected chi connectivity index (χ2v) is 4.03. The van der Waals surface area contributed by atoms with Gasteiger partial charge in [-0.25, -0.2) is 14.0 Å². The minimum absolute atomic E-state index is 0.328. The van der Waals surface area contributed by atoms with Crippen molar-refractivity contribution < 1.29 is 14.0 Å². The Kier molecular flexibility index (Phi) is 2.71. The number of rotatable bonds is 2. The Bertz CT molecular complexity index is 454. The molecule has 17 heavy (non-hydrogen) atoms. The van der Waals surface area contributed by atoms with Gasteiger partial charge < -0.3 is 11.1 Å². The van der Waals surface area contributed by atoms with Crippen molar-refractivity contribution >= 4 is 12.1 Å². The number of hydrogen-bond acceptors (Lipinski definition) is 2. The SMILES string of the molecule is NC(=O)NC(=O)NC1(c2ccc(F)cc2)CC1. The van der Waals surface area contributed by atoms with Gasteiger partial charge in [0.2, 0.25) is 0 Å². The average molecular weight is 237 g/mol. The van der Waals surface area contributed by atoms with Crippen LogP contribution < -0.4 is 16.4 Å². The van der Waals surface area contributed by atoms with Crippen LogP contribution >= 0.6 is 0 Å². The lowest BCUT2D eigenvalue weighted by Gasteiger charge is -2.17. The molecule has 6 heteroatoms. The summed E-state index contributed by atoms with van der Waals surface area (Å²) in [6, 6.07) is 4.36. The number of amides is 4. The number of benzene rings is 1. The molecule has 1 fully saturated rings. The molecule has 0 saturated heterocycles. The molecule has 1 aliphatic carbocycles. The number of urea groups is 2. The number of imide groups is 1. The molecule has 1 aliphatic rings. The maximum atomic E-state index is 12.8. The van der Waals surface area contributed by atoms with E-state index in [1.807, 2.05) is 5.32 Å². The fourth-order valence-electron chi connectivity index (χ4n) is 1.74. The number of carbonyl (C=O) groups excluding carboxylic acids is 2. The monoisotopic (exact) mass is 237 g/mol. The maximum Gasteiger partial charge on any atom is 0.323 e. The van der Waals surface area contributed by atoms with E-state index in [0.717, 1.165) is 18.4 Å². The summed E-state index contributed by atoms with van der Waals surface area (Å²) in [5.74, 6) is -0.328. The van der Waals surface area contributed by atoms with Gasteiger partial charge in [0.15, 0.2) is 0 Å². The van der Waals surface area contributed by atoms with Crippen molar-refractivity contribution in [3.8, 4) is 0 Å². The van der Waals surface area contributed by atoms with Gasteiger partial charge in [-0.2, -0.15) is 0 Å². The molecule has 0 bridgehead atoms. The van der Waals surface area contributed by atoms with Crippen molar-refractivity contribution in [2.24, 2.45) is 5.73 Å². The van der Waals surface area contributed by atoms with E-state index in [-0.39, 0.29) is 5.82 Å². The highest BCUT2D eigenvalue weighted by Gasteiger charge is 2.45. The summed E-state index contributed by atoms with van der Waals surface area (Å²) >= 11 is 0. The molecular weight excluding hydrogens is 225 g/mol. The number of hydrogen-bond donors (Lipinski definition) is 3. The topological polar surface area (TPSA) is 84.2 Å². The van der Waals surface area contributed by atoms with E-state index in [1.54, 1.807) is 12.1 Å². The van der Waals surface area contributed by atoms with E-state index in [9.17, 15) is 14.0 Å². The molecule has 5 nitrogen and oxygen atoms in total. The second-order valence-electron chi connectivity index (χ2n) is 4.03. The molecule has 1 saturated carbocycles. The number of primary amides is 1. The third-order valence-electron chi connectivity index (χ3n) is 2.74. The molecule has 0 aliphatic heterocycles. The van der Waals surface area contributed by atoms with Crippen LogP contribution in [0.3, 0.4) is 0 Å². The first-order valence-electron chi connectivity index (χ1n) is 5.16. The largest absolute Gasteiger partial charge is 0.351 e. The van der Waals surface area contributed by atoms with Crippen LogP contribution in [0, 0.1) is 5.82 Å². The lowest BCUT2D eigenvalue weighted by atomic mass is 10.1. The summed E-state index contributed by atoms with van der Waals surface area (Å²) in [6.45, 7) is 0. The quantitative estimate of drug-likeness (QED) is 0.721. The predicted molar refractivity (Wildman–Crippen MR) is 58.6 cm³/mol. The first kappa shape index (κ1) is 11.4. The summed E-state index contributed by atoms with van der Waals surface area (Å²) in [5.41, 5.74) is 5.16. The molecule has 0 atom stereocenters. The minimum atomic E-state index is -0.905. The van der Waals surface area contributed by atoms with Crippen molar-refractivity contribution in [2.75, 3.05) is 0 Å². The Morgan fingerprint density at radius 3 is 2.29 bits per heavy atom. The highest BCUT2D eigenvalue weighted by molar-refractivity contribution is 5.93. The van der Waals surface area contributed by atoms with E-state index in [1.165, 1.54) is 12.1 Å². The molecule has 4 N–H and O–H groups in total. The second kappa shape index (κ2) is 4.04. The smallest absolute Gasteiger partial charge is 0.323 e. The van der Waals surface area contributed by atoms with Gasteiger partial charge in [-0.1, -0.05) is 12.1 Å². The summed E-state index contributed by atoms with van der Waals surface area (Å²) < 4.78 is 12.8. The van der Waals surface area contributed by atoms with Crippen molar-refractivity contribution in [1.29, 1.82) is 0 Å². The summed E-state index contributed by atoms with van der Waals surface area (Å²) in [4.78, 5) is 21.9. The first-order valence-corrected chi connectivity index (χ1v) is 5.16. The molecule has 4 amide bonds. The summed E-state index contributed by atoms with van der Waals surface area (Å²) in [7, 11) is 0. The molecular formula is C11H12FN3O2. The Labute approximate surface area is 97.2 Å².